The Morgan fingerprint density at radius 2 is 2.00 bits per heavy atom. The van der Waals surface area contributed by atoms with Crippen molar-refractivity contribution in [2.45, 2.75) is 46.3 Å². The lowest BCUT2D eigenvalue weighted by Gasteiger charge is -2.40. The third-order valence-corrected chi connectivity index (χ3v) is 2.42. The average molecular weight is 228 g/mol. The van der Waals surface area contributed by atoms with E-state index in [1.54, 1.807) is 4.90 Å². The predicted octanol–water partition coefficient (Wildman–Crippen LogP) is 1.85. The Hall–Kier alpha value is -0.770. The largest absolute Gasteiger partial charge is 0.444 e. The van der Waals surface area contributed by atoms with Crippen LogP contribution in [0.5, 0.6) is 0 Å². The molecule has 0 aromatic rings. The van der Waals surface area contributed by atoms with Gasteiger partial charge < -0.3 is 15.0 Å². The lowest BCUT2D eigenvalue weighted by Crippen LogP contribution is -2.54. The number of hydrogen-bond donors (Lipinski definition) is 1. The lowest BCUT2D eigenvalue weighted by atomic mass is 10.0. The van der Waals surface area contributed by atoms with E-state index in [1.165, 1.54) is 0 Å². The smallest absolute Gasteiger partial charge is 0.410 e. The second kappa shape index (κ2) is 5.04. The molecule has 1 rings (SSSR count). The highest BCUT2D eigenvalue weighted by Gasteiger charge is 2.33. The van der Waals surface area contributed by atoms with Crippen molar-refractivity contribution in [3.63, 3.8) is 0 Å². The molecular weight excluding hydrogens is 204 g/mol. The Kier molecular flexibility index (Phi) is 4.19. The van der Waals surface area contributed by atoms with Crippen LogP contribution in [0, 0.1) is 5.92 Å². The van der Waals surface area contributed by atoms with Crippen molar-refractivity contribution in [1.82, 2.24) is 10.2 Å². The molecule has 4 nitrogen and oxygen atoms in total. The molecule has 94 valence electrons. The summed E-state index contributed by atoms with van der Waals surface area (Å²) < 4.78 is 5.28. The van der Waals surface area contributed by atoms with Crippen LogP contribution in [0.1, 0.15) is 34.6 Å². The maximum absolute atomic E-state index is 11.6. The van der Waals surface area contributed by atoms with E-state index < -0.39 is 5.60 Å². The van der Waals surface area contributed by atoms with Gasteiger partial charge in [-0.05, 0) is 20.8 Å². The zero-order valence-corrected chi connectivity index (χ0v) is 11.0. The molecule has 0 aliphatic carbocycles. The van der Waals surface area contributed by atoms with E-state index in [0.29, 0.717) is 12.0 Å². The molecule has 1 amide bonds. The first-order valence-electron chi connectivity index (χ1n) is 5.99. The van der Waals surface area contributed by atoms with Gasteiger partial charge in [-0.1, -0.05) is 13.8 Å². The number of nitrogens with zero attached hydrogens (tertiary/aromatic N) is 1. The van der Waals surface area contributed by atoms with Gasteiger partial charge in [-0.15, -0.1) is 0 Å². The number of likely N-dealkylation sites (tertiary alicyclic amines) is 1. The topological polar surface area (TPSA) is 41.6 Å². The molecule has 1 aliphatic heterocycles. The molecule has 0 spiro atoms. The molecule has 1 N–H and O–H groups in total. The molecule has 0 bridgehead atoms. The van der Waals surface area contributed by atoms with E-state index in [0.717, 1.165) is 19.6 Å². The minimum Gasteiger partial charge on any atom is -0.444 e. The van der Waals surface area contributed by atoms with Gasteiger partial charge in [0, 0.05) is 31.6 Å². The van der Waals surface area contributed by atoms with Gasteiger partial charge in [-0.3, -0.25) is 0 Å². The Morgan fingerprint density at radius 3 is 2.44 bits per heavy atom. The van der Waals surface area contributed by atoms with Crippen molar-refractivity contribution >= 4 is 6.09 Å². The number of nitrogens with one attached hydrogen (secondary N) is 1. The van der Waals surface area contributed by atoms with Gasteiger partial charge in [-0.25, -0.2) is 4.79 Å². The SMILES string of the molecule is CC(C)NCC1CN(C(=O)OC(C)(C)C)C1. The van der Waals surface area contributed by atoms with Gasteiger partial charge in [-0.2, -0.15) is 0 Å². The van der Waals surface area contributed by atoms with E-state index in [1.807, 2.05) is 20.8 Å². The summed E-state index contributed by atoms with van der Waals surface area (Å²) in [6, 6.07) is 0.510. The van der Waals surface area contributed by atoms with Crippen molar-refractivity contribution in [1.29, 1.82) is 0 Å². The molecule has 1 saturated heterocycles. The summed E-state index contributed by atoms with van der Waals surface area (Å²) >= 11 is 0. The Balaban J connectivity index is 2.18. The molecule has 0 aromatic carbocycles. The average Bonchev–Trinajstić information content (AvgIpc) is 1.96. The van der Waals surface area contributed by atoms with Crippen molar-refractivity contribution < 1.29 is 9.53 Å². The quantitative estimate of drug-likeness (QED) is 0.801. The number of rotatable bonds is 3. The van der Waals surface area contributed by atoms with Crippen LogP contribution in [0.15, 0.2) is 0 Å². The third kappa shape index (κ3) is 4.39. The Morgan fingerprint density at radius 1 is 1.44 bits per heavy atom. The first-order valence-corrected chi connectivity index (χ1v) is 5.99. The second-order valence-electron chi connectivity index (χ2n) is 5.81. The number of ether oxygens (including phenoxy) is 1. The molecule has 0 atom stereocenters. The standard InChI is InChI=1S/C12H24N2O2/c1-9(2)13-6-10-7-14(8-10)11(15)16-12(3,4)5/h9-10,13H,6-8H2,1-5H3. The summed E-state index contributed by atoms with van der Waals surface area (Å²) in [6.07, 6.45) is -0.187. The first kappa shape index (κ1) is 13.3. The maximum Gasteiger partial charge on any atom is 0.410 e. The number of carbonyl (C=O) groups excluding carboxylic acids is 1. The van der Waals surface area contributed by atoms with Crippen LogP contribution < -0.4 is 5.32 Å². The Bertz CT molecular complexity index is 240. The molecule has 1 heterocycles. The summed E-state index contributed by atoms with van der Waals surface area (Å²) in [7, 11) is 0. The van der Waals surface area contributed by atoms with E-state index in [4.69, 9.17) is 4.74 Å². The summed E-state index contributed by atoms with van der Waals surface area (Å²) in [4.78, 5) is 13.4. The summed E-state index contributed by atoms with van der Waals surface area (Å²) in [5.41, 5.74) is -0.391. The van der Waals surface area contributed by atoms with Gasteiger partial charge in [0.15, 0.2) is 0 Å². The number of amides is 1. The van der Waals surface area contributed by atoms with Crippen LogP contribution in [-0.4, -0.2) is 42.3 Å². The van der Waals surface area contributed by atoms with Crippen molar-refractivity contribution in [2.24, 2.45) is 5.92 Å². The zero-order valence-electron chi connectivity index (χ0n) is 11.0. The van der Waals surface area contributed by atoms with Crippen molar-refractivity contribution in [3.05, 3.63) is 0 Å². The normalized spacial score (nSPS) is 17.5. The van der Waals surface area contributed by atoms with Gasteiger partial charge in [0.1, 0.15) is 5.60 Å². The van der Waals surface area contributed by atoms with E-state index in [9.17, 15) is 4.79 Å². The van der Waals surface area contributed by atoms with Crippen LogP contribution in [0.3, 0.4) is 0 Å². The van der Waals surface area contributed by atoms with Crippen LogP contribution in [0.2, 0.25) is 0 Å². The van der Waals surface area contributed by atoms with Gasteiger partial charge in [0.25, 0.3) is 0 Å². The highest BCUT2D eigenvalue weighted by atomic mass is 16.6. The molecule has 16 heavy (non-hydrogen) atoms. The van der Waals surface area contributed by atoms with Gasteiger partial charge >= 0.3 is 6.09 Å². The molecule has 0 radical (unpaired) electrons. The maximum atomic E-state index is 11.6. The minimum absolute atomic E-state index is 0.187. The van der Waals surface area contributed by atoms with Crippen LogP contribution >= 0.6 is 0 Å². The monoisotopic (exact) mass is 228 g/mol. The second-order valence-corrected chi connectivity index (χ2v) is 5.81. The molecule has 4 heteroatoms. The lowest BCUT2D eigenvalue weighted by molar-refractivity contribution is -0.000939. The molecule has 1 aliphatic rings. The minimum atomic E-state index is -0.391. The van der Waals surface area contributed by atoms with Gasteiger partial charge in [0.2, 0.25) is 0 Å². The molecule has 0 saturated carbocycles. The van der Waals surface area contributed by atoms with Gasteiger partial charge in [0.05, 0.1) is 0 Å². The van der Waals surface area contributed by atoms with Crippen molar-refractivity contribution in [3.8, 4) is 0 Å². The predicted molar refractivity (Wildman–Crippen MR) is 64.4 cm³/mol. The number of hydrogen-bond acceptors (Lipinski definition) is 3. The summed E-state index contributed by atoms with van der Waals surface area (Å²) in [6.45, 7) is 12.5. The van der Waals surface area contributed by atoms with Crippen LogP contribution in [0.4, 0.5) is 4.79 Å². The highest BCUT2D eigenvalue weighted by molar-refractivity contribution is 5.69. The Labute approximate surface area is 98.3 Å². The third-order valence-electron chi connectivity index (χ3n) is 2.42. The van der Waals surface area contributed by atoms with E-state index in [-0.39, 0.29) is 6.09 Å². The van der Waals surface area contributed by atoms with Crippen molar-refractivity contribution in [2.75, 3.05) is 19.6 Å². The fourth-order valence-electron chi connectivity index (χ4n) is 1.58. The summed E-state index contributed by atoms with van der Waals surface area (Å²) in [5, 5.41) is 3.38. The fraction of sp³-hybridized carbons (Fsp3) is 0.917. The van der Waals surface area contributed by atoms with Crippen LogP contribution in [-0.2, 0) is 4.74 Å². The number of carbonyl (C=O) groups is 1. The molecule has 1 fully saturated rings. The van der Waals surface area contributed by atoms with E-state index >= 15 is 0 Å². The molecule has 0 aromatic heterocycles. The zero-order chi connectivity index (χ0) is 12.3. The van der Waals surface area contributed by atoms with E-state index in [2.05, 4.69) is 19.2 Å². The molecular formula is C12H24N2O2. The fourth-order valence-corrected chi connectivity index (χ4v) is 1.58. The van der Waals surface area contributed by atoms with Crippen LogP contribution in [0.25, 0.3) is 0 Å². The summed E-state index contributed by atoms with van der Waals surface area (Å²) in [5.74, 6) is 0.579. The molecule has 0 unspecified atom stereocenters. The highest BCUT2D eigenvalue weighted by Crippen LogP contribution is 2.18. The first-order chi connectivity index (χ1) is 7.28.